The molecule has 0 saturated carbocycles. The molecule has 0 radical (unpaired) electrons. The molecule has 3 aromatic carbocycles. The molecule has 0 aliphatic rings. The van der Waals surface area contributed by atoms with Crippen molar-refractivity contribution < 1.29 is 23.9 Å². The number of Topliss-reactive ketones (excluding diaryl/α,β-unsaturated/α-hetero) is 1. The number of ether oxygens (including phenoxy) is 2. The van der Waals surface area contributed by atoms with Gasteiger partial charge >= 0.3 is 11.9 Å². The minimum Gasteiger partial charge on any atom is -0.457 e. The Morgan fingerprint density at radius 1 is 0.655 bits per heavy atom. The van der Waals surface area contributed by atoms with Crippen LogP contribution in [0.1, 0.15) is 49.1 Å². The fourth-order valence-electron chi connectivity index (χ4n) is 2.75. The number of carbonyl (C=O) groups excluding carboxylic acids is 3. The fourth-order valence-corrected chi connectivity index (χ4v) is 2.75. The molecule has 5 nitrogen and oxygen atoms in total. The zero-order chi connectivity index (χ0) is 20.6. The average Bonchev–Trinajstić information content (AvgIpc) is 2.76. The molecule has 0 bridgehead atoms. The van der Waals surface area contributed by atoms with E-state index in [0.29, 0.717) is 0 Å². The Hall–Kier alpha value is -3.73. The number of hydrogen-bond acceptors (Lipinski definition) is 5. The van der Waals surface area contributed by atoms with Crippen molar-refractivity contribution in [3.8, 4) is 0 Å². The summed E-state index contributed by atoms with van der Waals surface area (Å²) in [4.78, 5) is 36.9. The number of carbonyl (C=O) groups is 3. The molecule has 29 heavy (non-hydrogen) atoms. The topological polar surface area (TPSA) is 69.7 Å². The van der Waals surface area contributed by atoms with E-state index < -0.39 is 11.9 Å². The Bertz CT molecular complexity index is 1010. The van der Waals surface area contributed by atoms with Crippen molar-refractivity contribution in [2.75, 3.05) is 0 Å². The Morgan fingerprint density at radius 3 is 1.69 bits per heavy atom. The molecule has 0 atom stereocenters. The SMILES string of the molecule is CC(=O)c1ccc(C(=O)OCc2ccccc2)cc1C(=O)OCc1ccccc1. The monoisotopic (exact) mass is 388 g/mol. The zero-order valence-corrected chi connectivity index (χ0v) is 16.0. The summed E-state index contributed by atoms with van der Waals surface area (Å²) in [5.74, 6) is -1.54. The van der Waals surface area contributed by atoms with Crippen LogP contribution in [0.25, 0.3) is 0 Å². The lowest BCUT2D eigenvalue weighted by Crippen LogP contribution is -2.13. The second-order valence-electron chi connectivity index (χ2n) is 6.44. The molecule has 5 heteroatoms. The van der Waals surface area contributed by atoms with Gasteiger partial charge in [0, 0.05) is 5.56 Å². The molecule has 0 spiro atoms. The van der Waals surface area contributed by atoms with Gasteiger partial charge in [0.25, 0.3) is 0 Å². The maximum absolute atomic E-state index is 12.6. The van der Waals surface area contributed by atoms with Crippen LogP contribution in [0.15, 0.2) is 78.9 Å². The van der Waals surface area contributed by atoms with Crippen molar-refractivity contribution >= 4 is 17.7 Å². The van der Waals surface area contributed by atoms with Crippen molar-refractivity contribution in [2.24, 2.45) is 0 Å². The second-order valence-corrected chi connectivity index (χ2v) is 6.44. The highest BCUT2D eigenvalue weighted by molar-refractivity contribution is 6.07. The van der Waals surface area contributed by atoms with Crippen LogP contribution < -0.4 is 0 Å². The highest BCUT2D eigenvalue weighted by atomic mass is 16.5. The van der Waals surface area contributed by atoms with Gasteiger partial charge in [0.2, 0.25) is 0 Å². The van der Waals surface area contributed by atoms with Gasteiger partial charge in [-0.2, -0.15) is 0 Å². The van der Waals surface area contributed by atoms with Crippen LogP contribution in [0.4, 0.5) is 0 Å². The van der Waals surface area contributed by atoms with Gasteiger partial charge in [-0.15, -0.1) is 0 Å². The third-order valence-corrected chi connectivity index (χ3v) is 4.28. The maximum atomic E-state index is 12.6. The fraction of sp³-hybridized carbons (Fsp3) is 0.125. The Labute approximate surface area is 168 Å². The van der Waals surface area contributed by atoms with Crippen molar-refractivity contribution in [1.82, 2.24) is 0 Å². The van der Waals surface area contributed by atoms with Crippen LogP contribution in [0.3, 0.4) is 0 Å². The normalized spacial score (nSPS) is 10.2. The summed E-state index contributed by atoms with van der Waals surface area (Å²) in [6.45, 7) is 1.54. The summed E-state index contributed by atoms with van der Waals surface area (Å²) in [5, 5.41) is 0. The molecule has 0 aromatic heterocycles. The minimum absolute atomic E-state index is 0.0441. The first kappa shape index (κ1) is 20.0. The smallest absolute Gasteiger partial charge is 0.339 e. The number of rotatable bonds is 7. The average molecular weight is 388 g/mol. The van der Waals surface area contributed by atoms with Gasteiger partial charge in [-0.05, 0) is 36.2 Å². The van der Waals surface area contributed by atoms with E-state index in [0.717, 1.165) is 11.1 Å². The summed E-state index contributed by atoms with van der Waals surface area (Å²) in [6.07, 6.45) is 0. The molecule has 0 aliphatic heterocycles. The lowest BCUT2D eigenvalue weighted by molar-refractivity contribution is 0.0468. The molecule has 0 aliphatic carbocycles. The van der Waals surface area contributed by atoms with E-state index in [1.165, 1.54) is 25.1 Å². The Balaban J connectivity index is 1.75. The van der Waals surface area contributed by atoms with Crippen molar-refractivity contribution in [1.29, 1.82) is 0 Å². The van der Waals surface area contributed by atoms with E-state index in [1.807, 2.05) is 60.7 Å². The predicted octanol–water partition coefficient (Wildman–Crippen LogP) is 4.60. The highest BCUT2D eigenvalue weighted by Gasteiger charge is 2.19. The van der Waals surface area contributed by atoms with Crippen LogP contribution >= 0.6 is 0 Å². The summed E-state index contributed by atoms with van der Waals surface area (Å²) >= 11 is 0. The summed E-state index contributed by atoms with van der Waals surface area (Å²) in [6, 6.07) is 22.7. The lowest BCUT2D eigenvalue weighted by atomic mass is 10.0. The molecule has 0 unspecified atom stereocenters. The standard InChI is InChI=1S/C24H20O5/c1-17(25)21-13-12-20(23(26)28-15-18-8-4-2-5-9-18)14-22(21)24(27)29-16-19-10-6-3-7-11-19/h2-14H,15-16H2,1H3. The highest BCUT2D eigenvalue weighted by Crippen LogP contribution is 2.17. The van der Waals surface area contributed by atoms with Gasteiger partial charge in [-0.1, -0.05) is 60.7 Å². The van der Waals surface area contributed by atoms with E-state index in [1.54, 1.807) is 0 Å². The predicted molar refractivity (Wildman–Crippen MR) is 108 cm³/mol. The quantitative estimate of drug-likeness (QED) is 0.437. The molecule has 0 N–H and O–H groups in total. The van der Waals surface area contributed by atoms with E-state index >= 15 is 0 Å². The van der Waals surface area contributed by atoms with E-state index in [2.05, 4.69) is 0 Å². The van der Waals surface area contributed by atoms with Crippen LogP contribution in [0.5, 0.6) is 0 Å². The molecule has 0 saturated heterocycles. The number of esters is 2. The minimum atomic E-state index is -0.670. The third kappa shape index (κ3) is 5.39. The lowest BCUT2D eigenvalue weighted by Gasteiger charge is -2.10. The van der Waals surface area contributed by atoms with Gasteiger partial charge in [-0.25, -0.2) is 9.59 Å². The molecule has 0 amide bonds. The van der Waals surface area contributed by atoms with E-state index in [9.17, 15) is 14.4 Å². The molecule has 0 fully saturated rings. The first-order chi connectivity index (χ1) is 14.0. The molecule has 146 valence electrons. The van der Waals surface area contributed by atoms with E-state index in [4.69, 9.17) is 9.47 Å². The molecular weight excluding hydrogens is 368 g/mol. The Kier molecular flexibility index (Phi) is 6.53. The summed E-state index contributed by atoms with van der Waals surface area (Å²) in [5.41, 5.74) is 2.09. The molecule has 0 heterocycles. The zero-order valence-electron chi connectivity index (χ0n) is 16.0. The first-order valence-electron chi connectivity index (χ1n) is 9.11. The number of benzene rings is 3. The van der Waals surface area contributed by atoms with Gasteiger partial charge in [0.05, 0.1) is 11.1 Å². The van der Waals surface area contributed by atoms with Gasteiger partial charge in [0.1, 0.15) is 13.2 Å². The van der Waals surface area contributed by atoms with E-state index in [-0.39, 0.29) is 35.7 Å². The maximum Gasteiger partial charge on any atom is 0.339 e. The summed E-state index contributed by atoms with van der Waals surface area (Å²) < 4.78 is 10.6. The molecule has 3 rings (SSSR count). The molecule has 3 aromatic rings. The van der Waals surface area contributed by atoms with Crippen molar-refractivity contribution in [3.05, 3.63) is 107 Å². The van der Waals surface area contributed by atoms with Gasteiger partial charge < -0.3 is 9.47 Å². The first-order valence-corrected chi connectivity index (χ1v) is 9.11. The molecular formula is C24H20O5. The summed E-state index contributed by atoms with van der Waals surface area (Å²) in [7, 11) is 0. The number of ketones is 1. The van der Waals surface area contributed by atoms with Crippen molar-refractivity contribution in [3.63, 3.8) is 0 Å². The van der Waals surface area contributed by atoms with Crippen LogP contribution in [-0.4, -0.2) is 17.7 Å². The Morgan fingerprint density at radius 2 is 1.17 bits per heavy atom. The van der Waals surface area contributed by atoms with Crippen molar-refractivity contribution in [2.45, 2.75) is 20.1 Å². The van der Waals surface area contributed by atoms with Gasteiger partial charge in [-0.3, -0.25) is 4.79 Å². The largest absolute Gasteiger partial charge is 0.457 e. The second kappa shape index (κ2) is 9.46. The van der Waals surface area contributed by atoms with Crippen LogP contribution in [0, 0.1) is 0 Å². The van der Waals surface area contributed by atoms with Crippen LogP contribution in [-0.2, 0) is 22.7 Å². The van der Waals surface area contributed by atoms with Gasteiger partial charge in [0.15, 0.2) is 5.78 Å². The third-order valence-electron chi connectivity index (χ3n) is 4.28. The van der Waals surface area contributed by atoms with Crippen LogP contribution in [0.2, 0.25) is 0 Å². The number of hydrogen-bond donors (Lipinski definition) is 0.